The first kappa shape index (κ1) is 21.3. The molecule has 31 heavy (non-hydrogen) atoms. The molecule has 5 fully saturated rings. The van der Waals surface area contributed by atoms with Gasteiger partial charge in [-0.15, -0.1) is 0 Å². The van der Waals surface area contributed by atoms with E-state index in [9.17, 15) is 4.79 Å². The smallest absolute Gasteiger partial charge is 0.448 e. The van der Waals surface area contributed by atoms with Crippen LogP contribution >= 0.6 is 0 Å². The molecule has 7 heteroatoms. The van der Waals surface area contributed by atoms with Gasteiger partial charge in [-0.05, 0) is 68.4 Å². The van der Waals surface area contributed by atoms with Crippen molar-refractivity contribution in [3.63, 3.8) is 0 Å². The van der Waals surface area contributed by atoms with E-state index in [0.29, 0.717) is 30.3 Å². The molecule has 1 aromatic carbocycles. The van der Waals surface area contributed by atoms with E-state index in [2.05, 4.69) is 43.5 Å². The fourth-order valence-electron chi connectivity index (χ4n) is 6.42. The second-order valence-corrected chi connectivity index (χ2v) is 10.7. The lowest BCUT2D eigenvalue weighted by Crippen LogP contribution is -2.65. The fourth-order valence-corrected chi connectivity index (χ4v) is 6.42. The Kier molecular flexibility index (Phi) is 5.56. The molecule has 3 saturated carbocycles. The van der Waals surface area contributed by atoms with Crippen molar-refractivity contribution >= 4 is 13.2 Å². The summed E-state index contributed by atoms with van der Waals surface area (Å²) >= 11 is 0. The highest BCUT2D eigenvalue weighted by Gasteiger charge is 2.68. The molecular weight excluding hydrogens is 391 g/mol. The summed E-state index contributed by atoms with van der Waals surface area (Å²) in [4.78, 5) is 12.7. The van der Waals surface area contributed by atoms with Gasteiger partial charge in [0.15, 0.2) is 0 Å². The standard InChI is InChI=1S/C24H35BN2O4/c1-23(2)17-13-19(23)24(3)20(14-17)30-25(31-24)21(12-16-8-5-4-6-9-16)27-22(28)29-15-18-10-7-11-26-18/h4-6,8-9,17-21,26H,7,10-15H2,1-3H3,(H,27,28)/t17-,18+,19-,20+,21-,24-/m0/s1. The predicted octanol–water partition coefficient (Wildman–Crippen LogP) is 3.34. The molecule has 3 aliphatic carbocycles. The topological polar surface area (TPSA) is 68.8 Å². The van der Waals surface area contributed by atoms with Gasteiger partial charge in [-0.2, -0.15) is 0 Å². The van der Waals surface area contributed by atoms with E-state index in [0.717, 1.165) is 31.4 Å². The highest BCUT2D eigenvalue weighted by molar-refractivity contribution is 6.47. The minimum Gasteiger partial charge on any atom is -0.448 e. The van der Waals surface area contributed by atoms with Gasteiger partial charge in [0.1, 0.15) is 6.61 Å². The van der Waals surface area contributed by atoms with Crippen molar-refractivity contribution in [1.29, 1.82) is 0 Å². The number of benzene rings is 1. The maximum absolute atomic E-state index is 12.7. The van der Waals surface area contributed by atoms with Crippen LogP contribution in [0.5, 0.6) is 0 Å². The Labute approximate surface area is 185 Å². The van der Waals surface area contributed by atoms with Crippen LogP contribution in [0.15, 0.2) is 30.3 Å². The minimum absolute atomic E-state index is 0.0908. The van der Waals surface area contributed by atoms with Gasteiger partial charge in [0.2, 0.25) is 0 Å². The van der Waals surface area contributed by atoms with E-state index in [-0.39, 0.29) is 23.7 Å². The number of carbonyl (C=O) groups is 1. The number of ether oxygens (including phenoxy) is 1. The average molecular weight is 426 g/mol. The van der Waals surface area contributed by atoms with E-state index in [1.54, 1.807) is 0 Å². The Morgan fingerprint density at radius 1 is 1.29 bits per heavy atom. The lowest BCUT2D eigenvalue weighted by atomic mass is 9.43. The Morgan fingerprint density at radius 3 is 2.81 bits per heavy atom. The van der Waals surface area contributed by atoms with E-state index in [1.165, 1.54) is 6.42 Å². The monoisotopic (exact) mass is 426 g/mol. The van der Waals surface area contributed by atoms with E-state index in [4.69, 9.17) is 14.0 Å². The molecule has 168 valence electrons. The van der Waals surface area contributed by atoms with Crippen LogP contribution in [0.2, 0.25) is 0 Å². The zero-order valence-corrected chi connectivity index (χ0v) is 18.9. The van der Waals surface area contributed by atoms with Crippen LogP contribution in [0, 0.1) is 17.3 Å². The Balaban J connectivity index is 1.28. The molecule has 2 bridgehead atoms. The van der Waals surface area contributed by atoms with Gasteiger partial charge >= 0.3 is 13.2 Å². The van der Waals surface area contributed by atoms with E-state index in [1.807, 2.05) is 18.2 Å². The number of carbonyl (C=O) groups excluding carboxylic acids is 1. The molecule has 2 N–H and O–H groups in total. The van der Waals surface area contributed by atoms with E-state index >= 15 is 0 Å². The summed E-state index contributed by atoms with van der Waals surface area (Å²) in [5, 5.41) is 6.43. The Hall–Kier alpha value is -1.57. The van der Waals surface area contributed by atoms with Gasteiger partial charge in [0.25, 0.3) is 0 Å². The molecule has 6 atom stereocenters. The summed E-state index contributed by atoms with van der Waals surface area (Å²) in [6, 6.07) is 10.4. The molecule has 0 radical (unpaired) electrons. The quantitative estimate of drug-likeness (QED) is 0.683. The molecule has 0 unspecified atom stereocenters. The summed E-state index contributed by atoms with van der Waals surface area (Å²) in [5.41, 5.74) is 1.14. The number of hydrogen-bond donors (Lipinski definition) is 2. The number of hydrogen-bond acceptors (Lipinski definition) is 5. The summed E-state index contributed by atoms with van der Waals surface area (Å²) in [6.07, 6.45) is 4.76. The number of amides is 1. The van der Waals surface area contributed by atoms with Crippen LogP contribution in [0.4, 0.5) is 4.79 Å². The van der Waals surface area contributed by atoms with Gasteiger partial charge in [-0.3, -0.25) is 0 Å². The highest BCUT2D eigenvalue weighted by atomic mass is 16.7. The van der Waals surface area contributed by atoms with Gasteiger partial charge in [-0.25, -0.2) is 4.79 Å². The summed E-state index contributed by atoms with van der Waals surface area (Å²) in [7, 11) is -0.470. The molecule has 2 heterocycles. The Bertz CT molecular complexity index is 800. The van der Waals surface area contributed by atoms with Gasteiger partial charge < -0.3 is 24.7 Å². The summed E-state index contributed by atoms with van der Waals surface area (Å²) in [5.74, 6) is 0.892. The maximum atomic E-state index is 12.7. The van der Waals surface area contributed by atoms with Gasteiger partial charge in [0.05, 0.1) is 17.6 Å². The Morgan fingerprint density at radius 2 is 2.10 bits per heavy atom. The normalized spacial score (nSPS) is 36.4. The molecule has 6 rings (SSSR count). The maximum Gasteiger partial charge on any atom is 0.482 e. The molecule has 5 aliphatic rings. The lowest BCUT2D eigenvalue weighted by Gasteiger charge is -2.64. The van der Waals surface area contributed by atoms with Crippen molar-refractivity contribution in [2.45, 2.75) is 76.6 Å². The summed E-state index contributed by atoms with van der Waals surface area (Å²) < 4.78 is 18.7. The third-order valence-electron chi connectivity index (χ3n) is 8.48. The zero-order chi connectivity index (χ0) is 21.6. The number of alkyl carbamates (subject to hydrolysis) is 1. The average Bonchev–Trinajstić information content (AvgIpc) is 3.39. The first-order chi connectivity index (χ1) is 14.9. The molecule has 6 nitrogen and oxygen atoms in total. The van der Waals surface area contributed by atoms with Crippen LogP contribution in [0.3, 0.4) is 0 Å². The first-order valence-electron chi connectivity index (χ1n) is 11.9. The fraction of sp³-hybridized carbons (Fsp3) is 0.708. The molecule has 1 aromatic rings. The highest BCUT2D eigenvalue weighted by Crippen LogP contribution is 2.65. The first-order valence-corrected chi connectivity index (χ1v) is 11.9. The molecular formula is C24H35BN2O4. The second-order valence-electron chi connectivity index (χ2n) is 10.7. The van der Waals surface area contributed by atoms with Crippen molar-refractivity contribution in [1.82, 2.24) is 10.6 Å². The van der Waals surface area contributed by atoms with Crippen molar-refractivity contribution in [2.24, 2.45) is 17.3 Å². The largest absolute Gasteiger partial charge is 0.482 e. The SMILES string of the molecule is CC1(C)[C@@H]2C[C@H]3OB([C@H](Cc4ccccc4)NC(=O)OC[C@H]4CCCN4)O[C@@]3(C)[C@H]1C2. The van der Waals surface area contributed by atoms with Crippen molar-refractivity contribution in [3.8, 4) is 0 Å². The van der Waals surface area contributed by atoms with Crippen LogP contribution in [0.25, 0.3) is 0 Å². The molecule has 1 amide bonds. The van der Waals surface area contributed by atoms with Crippen LogP contribution in [0.1, 0.15) is 52.0 Å². The molecule has 2 aliphatic heterocycles. The van der Waals surface area contributed by atoms with Crippen LogP contribution < -0.4 is 10.6 Å². The minimum atomic E-state index is -0.470. The molecule has 2 saturated heterocycles. The second kappa shape index (κ2) is 8.09. The van der Waals surface area contributed by atoms with E-state index < -0.39 is 13.2 Å². The lowest BCUT2D eigenvalue weighted by molar-refractivity contribution is -0.199. The van der Waals surface area contributed by atoms with Crippen LogP contribution in [-0.4, -0.2) is 50.1 Å². The number of rotatable bonds is 6. The summed E-state index contributed by atoms with van der Waals surface area (Å²) in [6.45, 7) is 8.32. The van der Waals surface area contributed by atoms with Crippen molar-refractivity contribution in [2.75, 3.05) is 13.2 Å². The van der Waals surface area contributed by atoms with Gasteiger partial charge in [-0.1, -0.05) is 44.2 Å². The van der Waals surface area contributed by atoms with Gasteiger partial charge in [0, 0.05) is 6.04 Å². The van der Waals surface area contributed by atoms with Crippen molar-refractivity contribution in [3.05, 3.63) is 35.9 Å². The predicted molar refractivity (Wildman–Crippen MR) is 120 cm³/mol. The third kappa shape index (κ3) is 3.89. The zero-order valence-electron chi connectivity index (χ0n) is 18.9. The number of nitrogens with one attached hydrogen (secondary N) is 2. The molecule has 0 aromatic heterocycles. The van der Waals surface area contributed by atoms with Crippen molar-refractivity contribution < 1.29 is 18.8 Å². The van der Waals surface area contributed by atoms with Crippen LogP contribution in [-0.2, 0) is 20.5 Å². The molecule has 0 spiro atoms. The third-order valence-corrected chi connectivity index (χ3v) is 8.48.